The summed E-state index contributed by atoms with van der Waals surface area (Å²) in [6, 6.07) is 8.36. The summed E-state index contributed by atoms with van der Waals surface area (Å²) in [6.07, 6.45) is 3.28. The molecule has 0 radical (unpaired) electrons. The van der Waals surface area contributed by atoms with Crippen molar-refractivity contribution < 1.29 is 9.90 Å². The molecule has 0 spiro atoms. The van der Waals surface area contributed by atoms with Crippen molar-refractivity contribution in [3.63, 3.8) is 0 Å². The molecule has 17 heavy (non-hydrogen) atoms. The van der Waals surface area contributed by atoms with Crippen molar-refractivity contribution >= 4 is 17.6 Å². The quantitative estimate of drug-likeness (QED) is 0.871. The van der Waals surface area contributed by atoms with Crippen molar-refractivity contribution in [1.82, 2.24) is 9.97 Å². The predicted molar refractivity (Wildman–Crippen MR) is 63.5 cm³/mol. The SMILES string of the molecule is CN(c1cccc(C(=O)O)c1)c1ncccn1. The minimum absolute atomic E-state index is 0.241. The molecule has 0 atom stereocenters. The molecule has 1 N–H and O–H groups in total. The van der Waals surface area contributed by atoms with Crippen LogP contribution in [0, 0.1) is 0 Å². The van der Waals surface area contributed by atoms with E-state index in [1.54, 1.807) is 48.6 Å². The van der Waals surface area contributed by atoms with Gasteiger partial charge in [-0.2, -0.15) is 0 Å². The number of aromatic carboxylic acids is 1. The smallest absolute Gasteiger partial charge is 0.335 e. The summed E-state index contributed by atoms with van der Waals surface area (Å²) >= 11 is 0. The van der Waals surface area contributed by atoms with E-state index in [0.29, 0.717) is 5.95 Å². The van der Waals surface area contributed by atoms with Gasteiger partial charge in [0.1, 0.15) is 0 Å². The Hall–Kier alpha value is -2.43. The lowest BCUT2D eigenvalue weighted by Gasteiger charge is -2.16. The van der Waals surface area contributed by atoms with Crippen LogP contribution in [0.1, 0.15) is 10.4 Å². The summed E-state index contributed by atoms with van der Waals surface area (Å²) in [5.41, 5.74) is 0.974. The lowest BCUT2D eigenvalue weighted by molar-refractivity contribution is 0.0697. The third-order valence-corrected chi connectivity index (χ3v) is 2.33. The Morgan fingerprint density at radius 1 is 1.24 bits per heavy atom. The minimum atomic E-state index is -0.950. The van der Waals surface area contributed by atoms with E-state index < -0.39 is 5.97 Å². The van der Waals surface area contributed by atoms with Gasteiger partial charge in [0.2, 0.25) is 5.95 Å². The molecule has 0 fully saturated rings. The second kappa shape index (κ2) is 4.61. The maximum atomic E-state index is 10.9. The predicted octanol–water partition coefficient (Wildman–Crippen LogP) is 1.94. The maximum Gasteiger partial charge on any atom is 0.335 e. The van der Waals surface area contributed by atoms with Gasteiger partial charge in [-0.1, -0.05) is 6.07 Å². The van der Waals surface area contributed by atoms with Crippen LogP contribution in [0.15, 0.2) is 42.7 Å². The van der Waals surface area contributed by atoms with Crippen molar-refractivity contribution in [2.45, 2.75) is 0 Å². The molecular formula is C12H11N3O2. The molecule has 2 rings (SSSR count). The normalized spacial score (nSPS) is 9.94. The zero-order valence-corrected chi connectivity index (χ0v) is 9.24. The lowest BCUT2D eigenvalue weighted by atomic mass is 10.2. The monoisotopic (exact) mass is 229 g/mol. The molecule has 0 saturated carbocycles. The Morgan fingerprint density at radius 3 is 2.59 bits per heavy atom. The third kappa shape index (κ3) is 2.39. The Labute approximate surface area is 98.4 Å². The summed E-state index contributed by atoms with van der Waals surface area (Å²) in [4.78, 5) is 20.8. The van der Waals surface area contributed by atoms with E-state index in [4.69, 9.17) is 5.11 Å². The Balaban J connectivity index is 2.34. The molecular weight excluding hydrogens is 218 g/mol. The number of carbonyl (C=O) groups is 1. The number of anilines is 2. The summed E-state index contributed by atoms with van der Waals surface area (Å²) < 4.78 is 0. The van der Waals surface area contributed by atoms with Gasteiger partial charge in [0.05, 0.1) is 5.56 Å². The lowest BCUT2D eigenvalue weighted by Crippen LogP contribution is -2.13. The summed E-state index contributed by atoms with van der Waals surface area (Å²) in [7, 11) is 1.79. The van der Waals surface area contributed by atoms with Gasteiger partial charge in [0, 0.05) is 25.1 Å². The summed E-state index contributed by atoms with van der Waals surface area (Å²) in [5.74, 6) is -0.427. The molecule has 1 heterocycles. The molecule has 0 bridgehead atoms. The molecule has 0 aliphatic carbocycles. The van der Waals surface area contributed by atoms with Crippen LogP contribution in [0.2, 0.25) is 0 Å². The Bertz CT molecular complexity index is 528. The molecule has 5 heteroatoms. The van der Waals surface area contributed by atoms with Gasteiger partial charge in [-0.25, -0.2) is 14.8 Å². The second-order valence-corrected chi connectivity index (χ2v) is 3.46. The number of hydrogen-bond donors (Lipinski definition) is 1. The number of rotatable bonds is 3. The van der Waals surface area contributed by atoms with Crippen LogP contribution < -0.4 is 4.90 Å². The highest BCUT2D eigenvalue weighted by molar-refractivity contribution is 5.89. The zero-order chi connectivity index (χ0) is 12.3. The minimum Gasteiger partial charge on any atom is -0.478 e. The van der Waals surface area contributed by atoms with Gasteiger partial charge in [-0.15, -0.1) is 0 Å². The maximum absolute atomic E-state index is 10.9. The van der Waals surface area contributed by atoms with Crippen LogP contribution in [0.4, 0.5) is 11.6 Å². The second-order valence-electron chi connectivity index (χ2n) is 3.46. The van der Waals surface area contributed by atoms with Crippen LogP contribution >= 0.6 is 0 Å². The van der Waals surface area contributed by atoms with Crippen LogP contribution in [-0.4, -0.2) is 28.1 Å². The van der Waals surface area contributed by atoms with Gasteiger partial charge >= 0.3 is 5.97 Å². The molecule has 0 unspecified atom stereocenters. The van der Waals surface area contributed by atoms with Crippen LogP contribution in [0.3, 0.4) is 0 Å². The Morgan fingerprint density at radius 2 is 1.94 bits per heavy atom. The topological polar surface area (TPSA) is 66.3 Å². The fourth-order valence-electron chi connectivity index (χ4n) is 1.43. The number of carboxylic acid groups (broad SMARTS) is 1. The zero-order valence-electron chi connectivity index (χ0n) is 9.24. The highest BCUT2D eigenvalue weighted by Gasteiger charge is 2.09. The van der Waals surface area contributed by atoms with Crippen molar-refractivity contribution in [2.24, 2.45) is 0 Å². The molecule has 5 nitrogen and oxygen atoms in total. The van der Waals surface area contributed by atoms with Gasteiger partial charge in [-0.3, -0.25) is 0 Å². The van der Waals surface area contributed by atoms with Crippen LogP contribution in [0.5, 0.6) is 0 Å². The van der Waals surface area contributed by atoms with E-state index in [2.05, 4.69) is 9.97 Å². The van der Waals surface area contributed by atoms with Crippen molar-refractivity contribution in [3.05, 3.63) is 48.3 Å². The third-order valence-electron chi connectivity index (χ3n) is 2.33. The largest absolute Gasteiger partial charge is 0.478 e. The van der Waals surface area contributed by atoms with E-state index in [0.717, 1.165) is 5.69 Å². The van der Waals surface area contributed by atoms with E-state index in [-0.39, 0.29) is 5.56 Å². The van der Waals surface area contributed by atoms with E-state index in [1.165, 1.54) is 0 Å². The van der Waals surface area contributed by atoms with E-state index in [9.17, 15) is 4.79 Å². The number of nitrogens with zero attached hydrogens (tertiary/aromatic N) is 3. The molecule has 2 aromatic rings. The van der Waals surface area contributed by atoms with E-state index >= 15 is 0 Å². The fourth-order valence-corrected chi connectivity index (χ4v) is 1.43. The first kappa shape index (κ1) is 11.1. The van der Waals surface area contributed by atoms with Gasteiger partial charge in [0.25, 0.3) is 0 Å². The first-order chi connectivity index (χ1) is 8.18. The molecule has 1 aromatic carbocycles. The molecule has 0 amide bonds. The first-order valence-electron chi connectivity index (χ1n) is 5.02. The molecule has 0 aliphatic rings. The number of carboxylic acids is 1. The molecule has 0 saturated heterocycles. The number of benzene rings is 1. The van der Waals surface area contributed by atoms with Crippen LogP contribution in [0.25, 0.3) is 0 Å². The van der Waals surface area contributed by atoms with Gasteiger partial charge in [0.15, 0.2) is 0 Å². The average molecular weight is 229 g/mol. The Kier molecular flexibility index (Phi) is 3.00. The molecule has 86 valence electrons. The van der Waals surface area contributed by atoms with Crippen molar-refractivity contribution in [1.29, 1.82) is 0 Å². The molecule has 1 aromatic heterocycles. The summed E-state index contributed by atoms with van der Waals surface area (Å²) in [6.45, 7) is 0. The average Bonchev–Trinajstić information content (AvgIpc) is 2.39. The highest BCUT2D eigenvalue weighted by Crippen LogP contribution is 2.20. The first-order valence-corrected chi connectivity index (χ1v) is 5.02. The van der Waals surface area contributed by atoms with Gasteiger partial charge in [-0.05, 0) is 24.3 Å². The standard InChI is InChI=1S/C12H11N3O2/c1-15(12-13-6-3-7-14-12)10-5-2-4-9(8-10)11(16)17/h2-8H,1H3,(H,16,17). The fraction of sp³-hybridized carbons (Fsp3) is 0.0833. The highest BCUT2D eigenvalue weighted by atomic mass is 16.4. The van der Waals surface area contributed by atoms with Crippen molar-refractivity contribution in [3.8, 4) is 0 Å². The summed E-state index contributed by atoms with van der Waals surface area (Å²) in [5, 5.41) is 8.91. The van der Waals surface area contributed by atoms with E-state index in [1.807, 2.05) is 6.07 Å². The number of aromatic nitrogens is 2. The van der Waals surface area contributed by atoms with Crippen LogP contribution in [-0.2, 0) is 0 Å². The molecule has 0 aliphatic heterocycles. The van der Waals surface area contributed by atoms with Crippen molar-refractivity contribution in [2.75, 3.05) is 11.9 Å². The number of hydrogen-bond acceptors (Lipinski definition) is 4. The van der Waals surface area contributed by atoms with Gasteiger partial charge < -0.3 is 10.0 Å².